The SMILES string of the molecule is O=S(=O)(NCc1nn[nH]n1)c1ccc(Cl)c(Br)c1. The van der Waals surface area contributed by atoms with Gasteiger partial charge in [0.2, 0.25) is 10.0 Å². The van der Waals surface area contributed by atoms with Crippen molar-refractivity contribution in [3.8, 4) is 0 Å². The lowest BCUT2D eigenvalue weighted by molar-refractivity contribution is 0.579. The zero-order valence-electron chi connectivity index (χ0n) is 8.76. The van der Waals surface area contributed by atoms with Crippen molar-refractivity contribution in [1.82, 2.24) is 25.3 Å². The Balaban J connectivity index is 2.17. The van der Waals surface area contributed by atoms with Crippen LogP contribution < -0.4 is 4.72 Å². The minimum atomic E-state index is -3.64. The molecule has 0 amide bonds. The van der Waals surface area contributed by atoms with Crippen LogP contribution in [0.25, 0.3) is 0 Å². The molecule has 0 atom stereocenters. The number of sulfonamides is 1. The number of aromatic amines is 1. The summed E-state index contributed by atoms with van der Waals surface area (Å²) in [7, 11) is -3.64. The molecule has 1 aromatic heterocycles. The van der Waals surface area contributed by atoms with Crippen LogP contribution in [0.1, 0.15) is 5.82 Å². The lowest BCUT2D eigenvalue weighted by Gasteiger charge is -2.05. The van der Waals surface area contributed by atoms with E-state index in [9.17, 15) is 8.42 Å². The van der Waals surface area contributed by atoms with Crippen molar-refractivity contribution in [2.24, 2.45) is 0 Å². The molecule has 18 heavy (non-hydrogen) atoms. The van der Waals surface area contributed by atoms with Crippen molar-refractivity contribution in [3.63, 3.8) is 0 Å². The van der Waals surface area contributed by atoms with Crippen LogP contribution in [0.5, 0.6) is 0 Å². The molecule has 10 heteroatoms. The summed E-state index contributed by atoms with van der Waals surface area (Å²) in [5.41, 5.74) is 0. The molecule has 0 aliphatic carbocycles. The van der Waals surface area contributed by atoms with E-state index in [0.717, 1.165) is 0 Å². The smallest absolute Gasteiger partial charge is 0.207 e. The van der Waals surface area contributed by atoms with E-state index >= 15 is 0 Å². The molecule has 0 saturated carbocycles. The predicted octanol–water partition coefficient (Wildman–Crippen LogP) is 1.09. The first-order valence-corrected chi connectivity index (χ1v) is 7.31. The number of benzene rings is 1. The van der Waals surface area contributed by atoms with Gasteiger partial charge in [-0.2, -0.15) is 5.21 Å². The molecule has 0 radical (unpaired) electrons. The van der Waals surface area contributed by atoms with Gasteiger partial charge in [0.05, 0.1) is 16.5 Å². The number of hydrogen-bond donors (Lipinski definition) is 2. The maximum absolute atomic E-state index is 11.9. The number of rotatable bonds is 4. The monoisotopic (exact) mass is 351 g/mol. The molecular formula is C8H7BrClN5O2S. The molecule has 0 unspecified atom stereocenters. The fourth-order valence-corrected chi connectivity index (χ4v) is 2.80. The highest BCUT2D eigenvalue weighted by Gasteiger charge is 2.15. The molecule has 0 fully saturated rings. The second kappa shape index (κ2) is 5.31. The van der Waals surface area contributed by atoms with Crippen LogP contribution in [-0.2, 0) is 16.6 Å². The van der Waals surface area contributed by atoms with Crippen molar-refractivity contribution < 1.29 is 8.42 Å². The maximum atomic E-state index is 11.9. The van der Waals surface area contributed by atoms with E-state index in [2.05, 4.69) is 41.3 Å². The van der Waals surface area contributed by atoms with Gasteiger partial charge in [0.15, 0.2) is 5.82 Å². The molecule has 0 aliphatic heterocycles. The Hall–Kier alpha value is -1.03. The Morgan fingerprint density at radius 3 is 2.83 bits per heavy atom. The number of tetrazole rings is 1. The molecule has 2 N–H and O–H groups in total. The third-order valence-corrected chi connectivity index (χ3v) is 4.62. The summed E-state index contributed by atoms with van der Waals surface area (Å²) < 4.78 is 26.7. The molecule has 0 aliphatic rings. The van der Waals surface area contributed by atoms with Gasteiger partial charge in [0, 0.05) is 4.47 Å². The maximum Gasteiger partial charge on any atom is 0.241 e. The lowest BCUT2D eigenvalue weighted by Crippen LogP contribution is -2.23. The van der Waals surface area contributed by atoms with E-state index < -0.39 is 10.0 Å². The van der Waals surface area contributed by atoms with Crippen LogP contribution in [0, 0.1) is 0 Å². The number of nitrogens with zero attached hydrogens (tertiary/aromatic N) is 3. The minimum absolute atomic E-state index is 0.0426. The van der Waals surface area contributed by atoms with Crippen LogP contribution in [0.2, 0.25) is 5.02 Å². The number of halogens is 2. The highest BCUT2D eigenvalue weighted by Crippen LogP contribution is 2.25. The average molecular weight is 353 g/mol. The van der Waals surface area contributed by atoms with Gasteiger partial charge in [-0.1, -0.05) is 16.8 Å². The molecule has 1 aromatic carbocycles. The standard InChI is InChI=1S/C8H7BrClN5O2S/c9-6-3-5(1-2-7(6)10)18(16,17)11-4-8-12-14-15-13-8/h1-3,11H,4H2,(H,12,13,14,15). The van der Waals surface area contributed by atoms with E-state index in [1.54, 1.807) is 0 Å². The fraction of sp³-hybridized carbons (Fsp3) is 0.125. The van der Waals surface area contributed by atoms with Crippen molar-refractivity contribution in [1.29, 1.82) is 0 Å². The first-order valence-electron chi connectivity index (χ1n) is 4.66. The Morgan fingerprint density at radius 2 is 2.22 bits per heavy atom. The number of nitrogens with one attached hydrogen (secondary N) is 2. The van der Waals surface area contributed by atoms with Crippen molar-refractivity contribution >= 4 is 37.6 Å². The van der Waals surface area contributed by atoms with E-state index in [1.807, 2.05) is 0 Å². The molecular weight excluding hydrogens is 346 g/mol. The van der Waals surface area contributed by atoms with E-state index in [0.29, 0.717) is 9.50 Å². The molecule has 2 aromatic rings. The summed E-state index contributed by atoms with van der Waals surface area (Å²) in [4.78, 5) is 0.0993. The first-order chi connectivity index (χ1) is 8.49. The third-order valence-electron chi connectivity index (χ3n) is 2.01. The second-order valence-corrected chi connectivity index (χ2v) is 6.26. The van der Waals surface area contributed by atoms with E-state index in [-0.39, 0.29) is 17.3 Å². The van der Waals surface area contributed by atoms with Gasteiger partial charge in [-0.25, -0.2) is 13.1 Å². The molecule has 2 rings (SSSR count). The van der Waals surface area contributed by atoms with Crippen LogP contribution in [0.3, 0.4) is 0 Å². The zero-order valence-corrected chi connectivity index (χ0v) is 11.9. The Bertz CT molecular complexity index is 646. The zero-order chi connectivity index (χ0) is 13.2. The molecule has 0 spiro atoms. The van der Waals surface area contributed by atoms with Gasteiger partial charge in [-0.15, -0.1) is 10.2 Å². The predicted molar refractivity (Wildman–Crippen MR) is 67.4 cm³/mol. The number of H-pyrrole nitrogens is 1. The van der Waals surface area contributed by atoms with Gasteiger partial charge in [0.1, 0.15) is 0 Å². The third kappa shape index (κ3) is 3.05. The van der Waals surface area contributed by atoms with Gasteiger partial charge < -0.3 is 0 Å². The largest absolute Gasteiger partial charge is 0.241 e. The highest BCUT2D eigenvalue weighted by atomic mass is 79.9. The molecule has 0 saturated heterocycles. The van der Waals surface area contributed by atoms with Crippen LogP contribution in [0.15, 0.2) is 27.6 Å². The molecule has 1 heterocycles. The summed E-state index contributed by atoms with van der Waals surface area (Å²) >= 11 is 8.96. The normalized spacial score (nSPS) is 11.7. The number of hydrogen-bond acceptors (Lipinski definition) is 5. The summed E-state index contributed by atoms with van der Waals surface area (Å²) in [6, 6.07) is 4.32. The van der Waals surface area contributed by atoms with Crippen molar-refractivity contribution in [2.75, 3.05) is 0 Å². The summed E-state index contributed by atoms with van der Waals surface area (Å²) in [5, 5.41) is 13.3. The Labute approximate surface area is 116 Å². The van der Waals surface area contributed by atoms with Gasteiger partial charge in [0.25, 0.3) is 0 Å². The van der Waals surface area contributed by atoms with Crippen LogP contribution >= 0.6 is 27.5 Å². The van der Waals surface area contributed by atoms with Crippen LogP contribution in [0.4, 0.5) is 0 Å². The fourth-order valence-electron chi connectivity index (χ4n) is 1.14. The van der Waals surface area contributed by atoms with Gasteiger partial charge in [-0.3, -0.25) is 0 Å². The summed E-state index contributed by atoms with van der Waals surface area (Å²) in [6.07, 6.45) is 0. The highest BCUT2D eigenvalue weighted by molar-refractivity contribution is 9.10. The molecule has 96 valence electrons. The van der Waals surface area contributed by atoms with Gasteiger partial charge in [-0.05, 0) is 34.1 Å². The van der Waals surface area contributed by atoms with Crippen LogP contribution in [-0.4, -0.2) is 29.0 Å². The van der Waals surface area contributed by atoms with E-state index in [1.165, 1.54) is 18.2 Å². The minimum Gasteiger partial charge on any atom is -0.207 e. The molecule has 0 bridgehead atoms. The summed E-state index contributed by atoms with van der Waals surface area (Å²) in [6.45, 7) is -0.0426. The van der Waals surface area contributed by atoms with Crippen molar-refractivity contribution in [2.45, 2.75) is 11.4 Å². The quantitative estimate of drug-likeness (QED) is 0.858. The van der Waals surface area contributed by atoms with E-state index in [4.69, 9.17) is 11.6 Å². The summed E-state index contributed by atoms with van der Waals surface area (Å²) in [5.74, 6) is 0.256. The van der Waals surface area contributed by atoms with Crippen molar-refractivity contribution in [3.05, 3.63) is 33.5 Å². The molecule has 7 nitrogen and oxygen atoms in total. The second-order valence-electron chi connectivity index (χ2n) is 3.23. The average Bonchev–Trinajstić information content (AvgIpc) is 2.83. The Morgan fingerprint density at radius 1 is 1.44 bits per heavy atom. The number of aromatic nitrogens is 4. The van der Waals surface area contributed by atoms with Gasteiger partial charge >= 0.3 is 0 Å². The lowest BCUT2D eigenvalue weighted by atomic mass is 10.4. The Kier molecular flexibility index (Phi) is 3.95. The first kappa shape index (κ1) is 13.4. The topological polar surface area (TPSA) is 101 Å².